The number of rotatable bonds is 13. The van der Waals surface area contributed by atoms with Crippen LogP contribution in [0.5, 0.6) is 0 Å². The molecule has 5 nitrogen and oxygen atoms in total. The fraction of sp³-hybridized carbons (Fsp3) is 0.680. The molecule has 1 unspecified atom stereocenters. The molecule has 3 rings (SSSR count). The fourth-order valence-corrected chi connectivity index (χ4v) is 6.47. The summed E-state index contributed by atoms with van der Waals surface area (Å²) in [5, 5.41) is 4.00. The van der Waals surface area contributed by atoms with Crippen LogP contribution in [-0.4, -0.2) is 77.8 Å². The number of benzene rings is 1. The van der Waals surface area contributed by atoms with Crippen LogP contribution in [0.1, 0.15) is 50.5 Å². The normalized spacial score (nSPS) is 24.5. The topological polar surface area (TPSA) is 52.7 Å². The first-order valence-corrected chi connectivity index (χ1v) is 14.4. The van der Waals surface area contributed by atoms with Crippen molar-refractivity contribution in [2.45, 2.75) is 57.0 Å². The number of nitrogens with zero attached hydrogens (tertiary/aromatic N) is 2. The molecule has 2 saturated heterocycles. The first-order valence-electron chi connectivity index (χ1n) is 12.3. The molecule has 0 saturated carbocycles. The number of ketones is 1. The lowest BCUT2D eigenvalue weighted by Gasteiger charge is -2.44. The Morgan fingerprint density at radius 1 is 1.15 bits per heavy atom. The first-order chi connectivity index (χ1) is 16.4. The van der Waals surface area contributed by atoms with E-state index in [-0.39, 0.29) is 23.8 Å². The lowest BCUT2D eigenvalue weighted by atomic mass is 9.73. The Morgan fingerprint density at radius 2 is 1.94 bits per heavy atom. The lowest BCUT2D eigenvalue weighted by molar-refractivity contribution is -0.127. The molecular formula is C25H37Cl2N3O2S2. The van der Waals surface area contributed by atoms with E-state index >= 15 is 0 Å². The molecule has 2 aliphatic rings. The Morgan fingerprint density at radius 3 is 2.62 bits per heavy atom. The zero-order chi connectivity index (χ0) is 24.7. The molecular weight excluding hydrogens is 509 g/mol. The third-order valence-corrected chi connectivity index (χ3v) is 8.43. The number of amides is 1. The van der Waals surface area contributed by atoms with E-state index in [9.17, 15) is 9.59 Å². The highest BCUT2D eigenvalue weighted by Crippen LogP contribution is 2.48. The maximum atomic E-state index is 13.2. The van der Waals surface area contributed by atoms with Gasteiger partial charge in [-0.25, -0.2) is 0 Å². The number of piperidine rings is 1. The van der Waals surface area contributed by atoms with E-state index in [2.05, 4.69) is 40.4 Å². The van der Waals surface area contributed by atoms with E-state index in [1.54, 1.807) is 0 Å². The van der Waals surface area contributed by atoms with Crippen molar-refractivity contribution in [3.05, 3.63) is 33.8 Å². The van der Waals surface area contributed by atoms with Crippen LogP contribution in [0, 0.1) is 5.92 Å². The van der Waals surface area contributed by atoms with Gasteiger partial charge >= 0.3 is 0 Å². The average molecular weight is 547 g/mol. The number of thiol groups is 2. The number of carbonyl (C=O) groups excluding carboxylic acids is 2. The fourth-order valence-electron chi connectivity index (χ4n) is 5.76. The zero-order valence-electron chi connectivity index (χ0n) is 19.9. The van der Waals surface area contributed by atoms with Gasteiger partial charge in [0.15, 0.2) is 0 Å². The molecule has 9 heteroatoms. The Hall–Kier alpha value is -0.440. The molecule has 2 heterocycles. The minimum atomic E-state index is -0.0125. The van der Waals surface area contributed by atoms with Gasteiger partial charge in [0.1, 0.15) is 5.78 Å². The highest BCUT2D eigenvalue weighted by Gasteiger charge is 2.49. The van der Waals surface area contributed by atoms with Crippen LogP contribution in [0.15, 0.2) is 18.2 Å². The number of halogens is 2. The van der Waals surface area contributed by atoms with E-state index in [4.69, 9.17) is 23.2 Å². The van der Waals surface area contributed by atoms with Crippen LogP contribution in [-0.2, 0) is 9.59 Å². The summed E-state index contributed by atoms with van der Waals surface area (Å²) in [5.41, 5.74) is 1.13. The molecule has 4 atom stereocenters. The van der Waals surface area contributed by atoms with Crippen molar-refractivity contribution in [2.24, 2.45) is 5.92 Å². The van der Waals surface area contributed by atoms with Crippen LogP contribution in [0.3, 0.4) is 0 Å². The molecule has 0 aromatic heterocycles. The number of Topliss-reactive ketones (excluding diaryl/α,β-unsaturated/α-hetero) is 1. The van der Waals surface area contributed by atoms with Gasteiger partial charge in [0.05, 0.1) is 16.6 Å². The van der Waals surface area contributed by atoms with Crippen molar-refractivity contribution in [1.82, 2.24) is 15.1 Å². The summed E-state index contributed by atoms with van der Waals surface area (Å²) in [4.78, 5) is 30.1. The molecule has 190 valence electrons. The predicted octanol–water partition coefficient (Wildman–Crippen LogP) is 4.58. The van der Waals surface area contributed by atoms with Gasteiger partial charge in [0.25, 0.3) is 0 Å². The third kappa shape index (κ3) is 7.07. The monoisotopic (exact) mass is 545 g/mol. The molecule has 1 N–H and O–H groups in total. The highest BCUT2D eigenvalue weighted by molar-refractivity contribution is 7.80. The molecule has 1 aromatic carbocycles. The summed E-state index contributed by atoms with van der Waals surface area (Å²) < 4.78 is 0. The zero-order valence-corrected chi connectivity index (χ0v) is 23.2. The largest absolute Gasteiger partial charge is 0.354 e. The second-order valence-electron chi connectivity index (χ2n) is 9.32. The maximum Gasteiger partial charge on any atom is 0.234 e. The summed E-state index contributed by atoms with van der Waals surface area (Å²) in [6.45, 7) is 5.50. The second-order valence-corrected chi connectivity index (χ2v) is 11.0. The van der Waals surface area contributed by atoms with Gasteiger partial charge in [-0.15, -0.1) is 0 Å². The van der Waals surface area contributed by atoms with Gasteiger partial charge in [-0.05, 0) is 62.4 Å². The van der Waals surface area contributed by atoms with Crippen molar-refractivity contribution in [2.75, 3.05) is 44.2 Å². The molecule has 34 heavy (non-hydrogen) atoms. The van der Waals surface area contributed by atoms with Crippen LogP contribution in [0.4, 0.5) is 0 Å². The Balaban J connectivity index is 1.66. The number of nitrogens with one attached hydrogen (secondary N) is 1. The highest BCUT2D eigenvalue weighted by atomic mass is 35.5. The van der Waals surface area contributed by atoms with E-state index < -0.39 is 0 Å². The van der Waals surface area contributed by atoms with Gasteiger partial charge in [-0.3, -0.25) is 19.4 Å². The van der Waals surface area contributed by atoms with E-state index in [1.807, 2.05) is 25.1 Å². The summed E-state index contributed by atoms with van der Waals surface area (Å²) in [6, 6.07) is 6.58. The molecule has 0 spiro atoms. The molecule has 2 bridgehead atoms. The minimum absolute atomic E-state index is 0.0125. The van der Waals surface area contributed by atoms with E-state index in [1.165, 1.54) is 0 Å². The van der Waals surface area contributed by atoms with Gasteiger partial charge in [-0.1, -0.05) is 36.2 Å². The molecule has 2 aliphatic heterocycles. The molecule has 1 aromatic rings. The Bertz CT molecular complexity index is 844. The summed E-state index contributed by atoms with van der Waals surface area (Å²) in [6.07, 6.45) is 4.67. The number of fused-ring (bicyclic) bond motifs is 2. The SMILES string of the molecule is CCC(=O)[C@@H]1[C@H]2CCC(C[C@H]1c1ccc(Cl)c(Cl)c1)N2CCCN(CCS)CC(=O)NCCS. The predicted molar refractivity (Wildman–Crippen MR) is 148 cm³/mol. The van der Waals surface area contributed by atoms with Gasteiger partial charge < -0.3 is 5.32 Å². The van der Waals surface area contributed by atoms with Gasteiger partial charge in [0, 0.05) is 49.0 Å². The standard InChI is InChI=1S/C25H37Cl2N3O2S2/c1-2-23(31)25-19(17-4-6-20(26)21(27)14-17)15-18-5-7-22(25)30(18)10-3-9-29(11-13-34)16-24(32)28-8-12-33/h4,6,14,18-19,22,25,33-34H,2-3,5,7-13,15-16H2,1H3,(H,28,32)/t18?,19-,22+,25-/m0/s1. The molecule has 2 fully saturated rings. The second kappa shape index (κ2) is 13.8. The van der Waals surface area contributed by atoms with Gasteiger partial charge in [0.2, 0.25) is 5.91 Å². The smallest absolute Gasteiger partial charge is 0.234 e. The van der Waals surface area contributed by atoms with E-state index in [0.717, 1.165) is 50.9 Å². The van der Waals surface area contributed by atoms with Crippen molar-refractivity contribution < 1.29 is 9.59 Å². The number of hydrogen-bond donors (Lipinski definition) is 3. The lowest BCUT2D eigenvalue weighted by Crippen LogP contribution is -2.51. The Kier molecular flexibility index (Phi) is 11.4. The summed E-state index contributed by atoms with van der Waals surface area (Å²) in [5.74, 6) is 1.90. The number of hydrogen-bond acceptors (Lipinski definition) is 6. The van der Waals surface area contributed by atoms with Crippen molar-refractivity contribution in [3.8, 4) is 0 Å². The van der Waals surface area contributed by atoms with Crippen molar-refractivity contribution in [3.63, 3.8) is 0 Å². The number of carbonyl (C=O) groups is 2. The molecule has 0 radical (unpaired) electrons. The first kappa shape index (κ1) is 28.1. The molecule has 0 aliphatic carbocycles. The quantitative estimate of drug-likeness (QED) is 0.317. The van der Waals surface area contributed by atoms with Crippen LogP contribution in [0.2, 0.25) is 10.0 Å². The van der Waals surface area contributed by atoms with Crippen LogP contribution >= 0.6 is 48.5 Å². The van der Waals surface area contributed by atoms with Crippen LogP contribution < -0.4 is 5.32 Å². The Labute approximate surface area is 225 Å². The van der Waals surface area contributed by atoms with Crippen molar-refractivity contribution in [1.29, 1.82) is 0 Å². The van der Waals surface area contributed by atoms with Crippen molar-refractivity contribution >= 4 is 60.1 Å². The molecule has 1 amide bonds. The minimum Gasteiger partial charge on any atom is -0.354 e. The summed E-state index contributed by atoms with van der Waals surface area (Å²) >= 11 is 21.0. The third-order valence-electron chi connectivity index (χ3n) is 7.26. The van der Waals surface area contributed by atoms with Crippen LogP contribution in [0.25, 0.3) is 0 Å². The van der Waals surface area contributed by atoms with Gasteiger partial charge in [-0.2, -0.15) is 25.3 Å². The average Bonchev–Trinajstić information content (AvgIpc) is 3.09. The van der Waals surface area contributed by atoms with E-state index in [0.29, 0.717) is 52.9 Å². The maximum absolute atomic E-state index is 13.2. The summed E-state index contributed by atoms with van der Waals surface area (Å²) in [7, 11) is 0.